The Labute approximate surface area is 150 Å². The molecule has 1 N–H and O–H groups in total. The fourth-order valence-corrected chi connectivity index (χ4v) is 3.16. The lowest BCUT2D eigenvalue weighted by Crippen LogP contribution is -2.31. The van der Waals surface area contributed by atoms with Gasteiger partial charge in [0.15, 0.2) is 0 Å². The first-order valence-electron chi connectivity index (χ1n) is 8.64. The molecule has 0 aliphatic carbocycles. The summed E-state index contributed by atoms with van der Waals surface area (Å²) in [6, 6.07) is 14.8. The third-order valence-corrected chi connectivity index (χ3v) is 4.50. The number of benzene rings is 2. The van der Waals surface area contributed by atoms with Gasteiger partial charge in [-0.05, 0) is 36.1 Å². The van der Waals surface area contributed by atoms with Crippen molar-refractivity contribution < 1.29 is 23.0 Å². The largest absolute Gasteiger partial charge is 0.416 e. The first kappa shape index (κ1) is 18.7. The first-order chi connectivity index (χ1) is 12.4. The van der Waals surface area contributed by atoms with Gasteiger partial charge in [0, 0.05) is 6.42 Å². The molecular formula is C21H21F3O2. The van der Waals surface area contributed by atoms with Crippen molar-refractivity contribution in [2.75, 3.05) is 0 Å². The summed E-state index contributed by atoms with van der Waals surface area (Å²) in [7, 11) is 0. The van der Waals surface area contributed by atoms with Crippen LogP contribution >= 0.6 is 0 Å². The molecule has 1 heterocycles. The molecule has 0 unspecified atom stereocenters. The van der Waals surface area contributed by atoms with Crippen molar-refractivity contribution in [3.63, 3.8) is 0 Å². The number of rotatable bonds is 4. The van der Waals surface area contributed by atoms with Crippen LogP contribution in [0.3, 0.4) is 0 Å². The Kier molecular flexibility index (Phi) is 5.79. The van der Waals surface area contributed by atoms with Crippen LogP contribution in [-0.4, -0.2) is 17.3 Å². The quantitative estimate of drug-likeness (QED) is 0.790. The topological polar surface area (TPSA) is 29.5 Å². The van der Waals surface area contributed by atoms with Gasteiger partial charge in [0.25, 0.3) is 0 Å². The molecule has 1 aliphatic heterocycles. The number of aliphatic hydroxyl groups excluding tert-OH is 1. The average molecular weight is 362 g/mol. The molecule has 2 aromatic carbocycles. The van der Waals surface area contributed by atoms with E-state index in [-0.39, 0.29) is 12.2 Å². The van der Waals surface area contributed by atoms with Gasteiger partial charge in [-0.25, -0.2) is 0 Å². The smallest absolute Gasteiger partial charge is 0.393 e. The van der Waals surface area contributed by atoms with Crippen LogP contribution < -0.4 is 0 Å². The fraction of sp³-hybridized carbons (Fsp3) is 0.333. The Morgan fingerprint density at radius 1 is 1.00 bits per heavy atom. The van der Waals surface area contributed by atoms with Crippen LogP contribution in [0.25, 0.3) is 6.08 Å². The minimum atomic E-state index is -4.32. The molecule has 1 aliphatic rings. The van der Waals surface area contributed by atoms with Crippen LogP contribution in [0, 0.1) is 0 Å². The second kappa shape index (κ2) is 8.06. The highest BCUT2D eigenvalue weighted by atomic mass is 19.4. The molecule has 0 radical (unpaired) electrons. The van der Waals surface area contributed by atoms with E-state index in [4.69, 9.17) is 4.74 Å². The monoisotopic (exact) mass is 362 g/mol. The van der Waals surface area contributed by atoms with Gasteiger partial charge in [-0.2, -0.15) is 13.2 Å². The van der Waals surface area contributed by atoms with E-state index < -0.39 is 17.8 Å². The fourth-order valence-electron chi connectivity index (χ4n) is 3.16. The Hall–Kier alpha value is -2.11. The van der Waals surface area contributed by atoms with E-state index in [1.165, 1.54) is 12.1 Å². The van der Waals surface area contributed by atoms with Crippen molar-refractivity contribution in [1.29, 1.82) is 0 Å². The lowest BCUT2D eigenvalue weighted by atomic mass is 9.95. The second-order valence-corrected chi connectivity index (χ2v) is 6.54. The molecule has 3 atom stereocenters. The Bertz CT molecular complexity index is 723. The maximum absolute atomic E-state index is 12.6. The molecule has 26 heavy (non-hydrogen) atoms. The summed E-state index contributed by atoms with van der Waals surface area (Å²) in [6.45, 7) is 0. The zero-order valence-electron chi connectivity index (χ0n) is 14.2. The molecule has 0 spiro atoms. The van der Waals surface area contributed by atoms with Crippen LogP contribution in [0.2, 0.25) is 0 Å². The number of aliphatic hydroxyl groups is 1. The normalized spacial score (nSPS) is 24.1. The second-order valence-electron chi connectivity index (χ2n) is 6.54. The lowest BCUT2D eigenvalue weighted by Gasteiger charge is -2.33. The Balaban J connectivity index is 1.59. The molecule has 0 aromatic heterocycles. The van der Waals surface area contributed by atoms with Crippen molar-refractivity contribution in [3.8, 4) is 0 Å². The van der Waals surface area contributed by atoms with Gasteiger partial charge < -0.3 is 9.84 Å². The van der Waals surface area contributed by atoms with Gasteiger partial charge >= 0.3 is 6.18 Å². The summed E-state index contributed by atoms with van der Waals surface area (Å²) in [4.78, 5) is 0. The summed E-state index contributed by atoms with van der Waals surface area (Å²) >= 11 is 0. The molecular weight excluding hydrogens is 341 g/mol. The molecule has 138 valence electrons. The lowest BCUT2D eigenvalue weighted by molar-refractivity contribution is -0.137. The van der Waals surface area contributed by atoms with Crippen LogP contribution in [-0.2, 0) is 10.9 Å². The number of hydrogen-bond donors (Lipinski definition) is 1. The molecule has 0 bridgehead atoms. The molecule has 3 rings (SSSR count). The van der Waals surface area contributed by atoms with Gasteiger partial charge in [0.2, 0.25) is 0 Å². The number of hydrogen-bond acceptors (Lipinski definition) is 2. The van der Waals surface area contributed by atoms with Gasteiger partial charge in [-0.1, -0.05) is 54.6 Å². The molecule has 0 amide bonds. The van der Waals surface area contributed by atoms with Gasteiger partial charge in [-0.15, -0.1) is 0 Å². The number of ether oxygens (including phenoxy) is 1. The summed E-state index contributed by atoms with van der Waals surface area (Å²) in [5, 5.41) is 10.1. The van der Waals surface area contributed by atoms with Crippen LogP contribution in [0.4, 0.5) is 13.2 Å². The zero-order chi connectivity index (χ0) is 18.6. The highest BCUT2D eigenvalue weighted by Crippen LogP contribution is 2.33. The summed E-state index contributed by atoms with van der Waals surface area (Å²) in [5.74, 6) is 0. The molecule has 0 saturated carbocycles. The number of alkyl halides is 3. The van der Waals surface area contributed by atoms with E-state index >= 15 is 0 Å². The maximum atomic E-state index is 12.6. The zero-order valence-corrected chi connectivity index (χ0v) is 14.2. The van der Waals surface area contributed by atoms with Crippen molar-refractivity contribution in [2.24, 2.45) is 0 Å². The molecule has 1 fully saturated rings. The minimum Gasteiger partial charge on any atom is -0.393 e. The third kappa shape index (κ3) is 4.96. The standard InChI is InChI=1S/C21H21F3O2/c22-21(23,24)17-11-9-15(10-12-17)5-4-8-19-13-18(25)14-20(26-19)16-6-2-1-3-7-16/h1-7,9-12,18-20,25H,8,13-14H2/b5-4+/t18-,19-,20-/m1/s1. The molecule has 1 saturated heterocycles. The first-order valence-corrected chi connectivity index (χ1v) is 8.64. The molecule has 2 nitrogen and oxygen atoms in total. The van der Waals surface area contributed by atoms with E-state index in [1.54, 1.807) is 6.08 Å². The van der Waals surface area contributed by atoms with Crippen molar-refractivity contribution >= 4 is 6.08 Å². The highest BCUT2D eigenvalue weighted by molar-refractivity contribution is 5.49. The summed E-state index contributed by atoms with van der Waals surface area (Å²) in [6.07, 6.45) is 0.402. The summed E-state index contributed by atoms with van der Waals surface area (Å²) in [5.41, 5.74) is 1.09. The Morgan fingerprint density at radius 3 is 2.35 bits per heavy atom. The van der Waals surface area contributed by atoms with Crippen molar-refractivity contribution in [1.82, 2.24) is 0 Å². The van der Waals surface area contributed by atoms with E-state index in [0.717, 1.165) is 17.7 Å². The third-order valence-electron chi connectivity index (χ3n) is 4.50. The van der Waals surface area contributed by atoms with E-state index in [1.807, 2.05) is 36.4 Å². The van der Waals surface area contributed by atoms with Crippen molar-refractivity contribution in [3.05, 3.63) is 77.4 Å². The summed E-state index contributed by atoms with van der Waals surface area (Å²) < 4.78 is 43.8. The van der Waals surface area contributed by atoms with Gasteiger partial charge in [0.05, 0.1) is 23.9 Å². The van der Waals surface area contributed by atoms with Gasteiger partial charge in [-0.3, -0.25) is 0 Å². The van der Waals surface area contributed by atoms with E-state index in [9.17, 15) is 18.3 Å². The molecule has 5 heteroatoms. The van der Waals surface area contributed by atoms with E-state index in [2.05, 4.69) is 0 Å². The van der Waals surface area contributed by atoms with Crippen molar-refractivity contribution in [2.45, 2.75) is 43.8 Å². The van der Waals surface area contributed by atoms with Crippen LogP contribution in [0.1, 0.15) is 42.1 Å². The Morgan fingerprint density at radius 2 is 1.69 bits per heavy atom. The minimum absolute atomic E-state index is 0.116. The predicted molar refractivity (Wildman–Crippen MR) is 94.4 cm³/mol. The number of halogens is 3. The maximum Gasteiger partial charge on any atom is 0.416 e. The van der Waals surface area contributed by atoms with Crippen LogP contribution in [0.15, 0.2) is 60.7 Å². The van der Waals surface area contributed by atoms with E-state index in [0.29, 0.717) is 24.8 Å². The average Bonchev–Trinajstić information content (AvgIpc) is 2.62. The highest BCUT2D eigenvalue weighted by Gasteiger charge is 2.30. The van der Waals surface area contributed by atoms with Gasteiger partial charge in [0.1, 0.15) is 0 Å². The molecule has 2 aromatic rings. The van der Waals surface area contributed by atoms with Crippen LogP contribution in [0.5, 0.6) is 0 Å². The SMILES string of the molecule is O[C@@H]1C[C@@H](C/C=C/c2ccc(C(F)(F)F)cc2)O[C@@H](c2ccccc2)C1. The predicted octanol–water partition coefficient (Wildman–Crippen LogP) is 5.39.